The van der Waals surface area contributed by atoms with Gasteiger partial charge in [0.1, 0.15) is 5.82 Å². The quantitative estimate of drug-likeness (QED) is 0.869. The van der Waals surface area contributed by atoms with Crippen molar-refractivity contribution in [2.24, 2.45) is 12.5 Å². The summed E-state index contributed by atoms with van der Waals surface area (Å²) in [6.45, 7) is 5.71. The zero-order valence-corrected chi connectivity index (χ0v) is 12.1. The molecule has 1 aliphatic carbocycles. The van der Waals surface area contributed by atoms with Gasteiger partial charge in [-0.1, -0.05) is 33.1 Å². The van der Waals surface area contributed by atoms with Gasteiger partial charge in [-0.2, -0.15) is 0 Å². The summed E-state index contributed by atoms with van der Waals surface area (Å²) >= 11 is 0. The van der Waals surface area contributed by atoms with Crippen LogP contribution in [0, 0.1) is 5.41 Å². The summed E-state index contributed by atoms with van der Waals surface area (Å²) in [4.78, 5) is 4.49. The van der Waals surface area contributed by atoms with Crippen molar-refractivity contribution in [3.8, 4) is 0 Å². The van der Waals surface area contributed by atoms with Crippen molar-refractivity contribution >= 4 is 0 Å². The van der Waals surface area contributed by atoms with Crippen LogP contribution < -0.4 is 5.32 Å². The summed E-state index contributed by atoms with van der Waals surface area (Å²) in [5.74, 6) is 1.20. The Morgan fingerprint density at radius 2 is 2.11 bits per heavy atom. The molecule has 18 heavy (non-hydrogen) atoms. The van der Waals surface area contributed by atoms with Crippen LogP contribution in [0.1, 0.15) is 51.8 Å². The lowest BCUT2D eigenvalue weighted by atomic mass is 9.69. The Labute approximate surface area is 111 Å². The normalized spacial score (nSPS) is 20.8. The highest BCUT2D eigenvalue weighted by Gasteiger charge is 2.35. The third-order valence-electron chi connectivity index (χ3n) is 4.60. The molecule has 1 fully saturated rings. The number of hydrogen-bond donors (Lipinski definition) is 1. The molecule has 0 aliphatic heterocycles. The zero-order chi connectivity index (χ0) is 13.0. The van der Waals surface area contributed by atoms with Crippen molar-refractivity contribution in [3.63, 3.8) is 0 Å². The first-order valence-electron chi connectivity index (χ1n) is 7.35. The van der Waals surface area contributed by atoms with Gasteiger partial charge in [0.25, 0.3) is 0 Å². The molecule has 1 heterocycles. The summed E-state index contributed by atoms with van der Waals surface area (Å²) in [5.41, 5.74) is 0.445. The largest absolute Gasteiger partial charge is 0.338 e. The maximum atomic E-state index is 4.49. The van der Waals surface area contributed by atoms with E-state index in [0.29, 0.717) is 11.5 Å². The topological polar surface area (TPSA) is 29.9 Å². The van der Waals surface area contributed by atoms with Crippen molar-refractivity contribution in [2.75, 3.05) is 6.54 Å². The lowest BCUT2D eigenvalue weighted by Gasteiger charge is -2.41. The minimum Gasteiger partial charge on any atom is -0.338 e. The van der Waals surface area contributed by atoms with E-state index >= 15 is 0 Å². The zero-order valence-electron chi connectivity index (χ0n) is 12.1. The van der Waals surface area contributed by atoms with Crippen LogP contribution in [0.25, 0.3) is 0 Å². The van der Waals surface area contributed by atoms with Crippen molar-refractivity contribution < 1.29 is 0 Å². The average molecular weight is 249 g/mol. The molecule has 0 bridgehead atoms. The number of nitrogens with zero attached hydrogens (tertiary/aromatic N) is 2. The molecule has 0 spiro atoms. The van der Waals surface area contributed by atoms with Gasteiger partial charge in [-0.05, 0) is 24.8 Å². The van der Waals surface area contributed by atoms with Crippen molar-refractivity contribution in [2.45, 2.75) is 58.4 Å². The van der Waals surface area contributed by atoms with Crippen LogP contribution in [0.4, 0.5) is 0 Å². The van der Waals surface area contributed by atoms with E-state index in [-0.39, 0.29) is 0 Å². The summed E-state index contributed by atoms with van der Waals surface area (Å²) < 4.78 is 2.15. The average Bonchev–Trinajstić information content (AvgIpc) is 2.75. The molecule has 2 rings (SSSR count). The highest BCUT2D eigenvalue weighted by atomic mass is 15.0. The molecule has 1 unspecified atom stereocenters. The Hall–Kier alpha value is -0.830. The van der Waals surface area contributed by atoms with E-state index in [1.54, 1.807) is 0 Å². The second kappa shape index (κ2) is 5.87. The van der Waals surface area contributed by atoms with Crippen LogP contribution >= 0.6 is 0 Å². The first-order chi connectivity index (χ1) is 8.65. The number of aryl methyl sites for hydroxylation is 1. The van der Waals surface area contributed by atoms with Crippen LogP contribution in [-0.4, -0.2) is 22.1 Å². The fourth-order valence-corrected chi connectivity index (χ4v) is 3.30. The smallest absolute Gasteiger partial charge is 0.109 e. The molecule has 1 N–H and O–H groups in total. The standard InChI is InChI=1S/C15H27N3/c1-4-16-13(12-14-17-10-11-18(14)3)15(2)8-6-5-7-9-15/h10-11,13,16H,4-9,12H2,1-3H3. The predicted octanol–water partition coefficient (Wildman–Crippen LogP) is 2.91. The maximum absolute atomic E-state index is 4.49. The van der Waals surface area contributed by atoms with E-state index in [4.69, 9.17) is 0 Å². The highest BCUT2D eigenvalue weighted by Crippen LogP contribution is 2.39. The van der Waals surface area contributed by atoms with Gasteiger partial charge in [0.05, 0.1) is 0 Å². The Morgan fingerprint density at radius 3 is 2.67 bits per heavy atom. The van der Waals surface area contributed by atoms with E-state index in [1.807, 2.05) is 12.4 Å². The van der Waals surface area contributed by atoms with Crippen LogP contribution in [0.2, 0.25) is 0 Å². The van der Waals surface area contributed by atoms with E-state index in [2.05, 4.69) is 35.8 Å². The molecule has 0 amide bonds. The molecule has 1 saturated carbocycles. The number of aromatic nitrogens is 2. The van der Waals surface area contributed by atoms with Gasteiger partial charge in [-0.3, -0.25) is 0 Å². The van der Waals surface area contributed by atoms with Gasteiger partial charge in [0.15, 0.2) is 0 Å². The molecule has 0 aromatic carbocycles. The van der Waals surface area contributed by atoms with E-state index in [0.717, 1.165) is 13.0 Å². The number of hydrogen-bond acceptors (Lipinski definition) is 2. The number of rotatable bonds is 5. The SMILES string of the molecule is CCNC(Cc1nccn1C)C1(C)CCCCC1. The molecular weight excluding hydrogens is 222 g/mol. The maximum Gasteiger partial charge on any atom is 0.109 e. The van der Waals surface area contributed by atoms with Gasteiger partial charge in [0, 0.05) is 31.9 Å². The molecule has 0 radical (unpaired) electrons. The first kappa shape index (κ1) is 13.6. The van der Waals surface area contributed by atoms with Crippen LogP contribution in [0.15, 0.2) is 12.4 Å². The van der Waals surface area contributed by atoms with Crippen molar-refractivity contribution in [1.82, 2.24) is 14.9 Å². The van der Waals surface area contributed by atoms with Crippen LogP contribution in [-0.2, 0) is 13.5 Å². The number of nitrogens with one attached hydrogen (secondary N) is 1. The Balaban J connectivity index is 2.09. The third kappa shape index (κ3) is 2.94. The molecular formula is C15H27N3. The lowest BCUT2D eigenvalue weighted by Crippen LogP contribution is -2.46. The Morgan fingerprint density at radius 1 is 1.39 bits per heavy atom. The molecule has 1 atom stereocenters. The molecule has 0 saturated heterocycles. The molecule has 3 nitrogen and oxygen atoms in total. The molecule has 102 valence electrons. The minimum absolute atomic E-state index is 0.445. The lowest BCUT2D eigenvalue weighted by molar-refractivity contribution is 0.143. The van der Waals surface area contributed by atoms with Crippen molar-refractivity contribution in [3.05, 3.63) is 18.2 Å². The highest BCUT2D eigenvalue weighted by molar-refractivity contribution is 5.00. The summed E-state index contributed by atoms with van der Waals surface area (Å²) in [6.07, 6.45) is 11.9. The van der Waals surface area contributed by atoms with Crippen LogP contribution in [0.5, 0.6) is 0 Å². The fraction of sp³-hybridized carbons (Fsp3) is 0.800. The van der Waals surface area contributed by atoms with E-state index in [1.165, 1.54) is 37.9 Å². The predicted molar refractivity (Wildman–Crippen MR) is 75.6 cm³/mol. The van der Waals surface area contributed by atoms with E-state index in [9.17, 15) is 0 Å². The third-order valence-corrected chi connectivity index (χ3v) is 4.60. The van der Waals surface area contributed by atoms with Gasteiger partial charge in [0.2, 0.25) is 0 Å². The molecule has 1 aromatic rings. The second-order valence-corrected chi connectivity index (χ2v) is 5.98. The number of imidazole rings is 1. The molecule has 1 aromatic heterocycles. The van der Waals surface area contributed by atoms with Gasteiger partial charge >= 0.3 is 0 Å². The van der Waals surface area contributed by atoms with E-state index < -0.39 is 0 Å². The summed E-state index contributed by atoms with van der Waals surface area (Å²) in [6, 6.07) is 0.559. The molecule has 1 aliphatic rings. The second-order valence-electron chi connectivity index (χ2n) is 5.98. The Kier molecular flexibility index (Phi) is 4.44. The van der Waals surface area contributed by atoms with Crippen LogP contribution in [0.3, 0.4) is 0 Å². The van der Waals surface area contributed by atoms with Gasteiger partial charge < -0.3 is 9.88 Å². The van der Waals surface area contributed by atoms with Gasteiger partial charge in [-0.25, -0.2) is 4.98 Å². The summed E-state index contributed by atoms with van der Waals surface area (Å²) in [7, 11) is 2.09. The van der Waals surface area contributed by atoms with Gasteiger partial charge in [-0.15, -0.1) is 0 Å². The Bertz CT molecular complexity index is 364. The molecule has 3 heteroatoms. The fourth-order valence-electron chi connectivity index (χ4n) is 3.30. The monoisotopic (exact) mass is 249 g/mol. The van der Waals surface area contributed by atoms with Crippen molar-refractivity contribution in [1.29, 1.82) is 0 Å². The minimum atomic E-state index is 0.445. The number of likely N-dealkylation sites (N-methyl/N-ethyl adjacent to an activating group) is 1. The first-order valence-corrected chi connectivity index (χ1v) is 7.35. The summed E-state index contributed by atoms with van der Waals surface area (Å²) in [5, 5.41) is 3.70.